The third kappa shape index (κ3) is 10.5. The SMILES string of the molecule is COc1ccc(COCC[C@H](C)C#CC(O)C[C@@H](C)C/C=C/CO[Si](c2ccccc2)(c2ccccc2)C(C)(C)C)cc1. The van der Waals surface area contributed by atoms with Crippen LogP contribution in [-0.2, 0) is 15.8 Å². The minimum atomic E-state index is -2.53. The van der Waals surface area contributed by atoms with E-state index in [9.17, 15) is 5.11 Å². The third-order valence-electron chi connectivity index (χ3n) is 7.76. The van der Waals surface area contributed by atoms with Gasteiger partial charge in [0.2, 0.25) is 0 Å². The Balaban J connectivity index is 1.45. The summed E-state index contributed by atoms with van der Waals surface area (Å²) in [6.45, 7) is 12.9. The van der Waals surface area contributed by atoms with Gasteiger partial charge in [-0.1, -0.05) is 131 Å². The highest BCUT2D eigenvalue weighted by Crippen LogP contribution is 2.36. The van der Waals surface area contributed by atoms with Crippen molar-refractivity contribution in [2.24, 2.45) is 11.8 Å². The number of aliphatic hydroxyl groups is 1. The molecule has 5 heteroatoms. The Morgan fingerprint density at radius 3 is 2.00 bits per heavy atom. The van der Waals surface area contributed by atoms with Gasteiger partial charge >= 0.3 is 0 Å². The van der Waals surface area contributed by atoms with E-state index in [0.717, 1.165) is 24.2 Å². The van der Waals surface area contributed by atoms with E-state index in [4.69, 9.17) is 13.9 Å². The van der Waals surface area contributed by atoms with Gasteiger partial charge in [-0.2, -0.15) is 0 Å². The Morgan fingerprint density at radius 1 is 0.837 bits per heavy atom. The summed E-state index contributed by atoms with van der Waals surface area (Å²) < 4.78 is 17.9. The fourth-order valence-electron chi connectivity index (χ4n) is 5.35. The van der Waals surface area contributed by atoms with Crippen LogP contribution in [0.5, 0.6) is 5.75 Å². The summed E-state index contributed by atoms with van der Waals surface area (Å²) in [7, 11) is -0.867. The second kappa shape index (κ2) is 17.2. The van der Waals surface area contributed by atoms with Crippen molar-refractivity contribution in [3.8, 4) is 17.6 Å². The normalized spacial score (nSPS) is 14.1. The summed E-state index contributed by atoms with van der Waals surface area (Å²) >= 11 is 0. The topological polar surface area (TPSA) is 47.9 Å². The molecular formula is C38H50O4Si. The molecule has 3 aromatic carbocycles. The van der Waals surface area contributed by atoms with Crippen LogP contribution in [0.25, 0.3) is 0 Å². The molecule has 0 fully saturated rings. The maximum absolute atomic E-state index is 10.5. The molecular weight excluding hydrogens is 549 g/mol. The molecule has 230 valence electrons. The zero-order valence-corrected chi connectivity index (χ0v) is 27.9. The van der Waals surface area contributed by atoms with Gasteiger partial charge in [-0.05, 0) is 58.3 Å². The molecule has 3 atom stereocenters. The molecule has 0 saturated heterocycles. The molecule has 3 aromatic rings. The van der Waals surface area contributed by atoms with E-state index < -0.39 is 14.4 Å². The van der Waals surface area contributed by atoms with E-state index in [1.165, 1.54) is 10.4 Å². The smallest absolute Gasteiger partial charge is 0.261 e. The lowest BCUT2D eigenvalue weighted by molar-refractivity contribution is 0.113. The highest BCUT2D eigenvalue weighted by molar-refractivity contribution is 6.99. The molecule has 0 aliphatic carbocycles. The highest BCUT2D eigenvalue weighted by atomic mass is 28.4. The van der Waals surface area contributed by atoms with Gasteiger partial charge in [0.25, 0.3) is 8.32 Å². The molecule has 0 aliphatic heterocycles. The van der Waals surface area contributed by atoms with Crippen molar-refractivity contribution in [1.82, 2.24) is 0 Å². The van der Waals surface area contributed by atoms with Crippen LogP contribution in [0, 0.1) is 23.7 Å². The van der Waals surface area contributed by atoms with Gasteiger partial charge in [0, 0.05) is 12.5 Å². The number of hydrogen-bond donors (Lipinski definition) is 1. The number of ether oxygens (including phenoxy) is 2. The average molecular weight is 599 g/mol. The number of methoxy groups -OCH3 is 1. The van der Waals surface area contributed by atoms with E-state index in [1.54, 1.807) is 7.11 Å². The number of aliphatic hydroxyl groups excluding tert-OH is 1. The molecule has 0 spiro atoms. The number of benzene rings is 3. The molecule has 0 aliphatic rings. The van der Waals surface area contributed by atoms with Crippen molar-refractivity contribution >= 4 is 18.7 Å². The van der Waals surface area contributed by atoms with Gasteiger partial charge in [0.15, 0.2) is 0 Å². The van der Waals surface area contributed by atoms with Gasteiger partial charge in [0.05, 0.1) is 20.3 Å². The van der Waals surface area contributed by atoms with Crippen LogP contribution in [0.2, 0.25) is 5.04 Å². The zero-order valence-electron chi connectivity index (χ0n) is 26.9. The maximum Gasteiger partial charge on any atom is 0.261 e. The first-order chi connectivity index (χ1) is 20.7. The fourth-order valence-corrected chi connectivity index (χ4v) is 9.85. The second-order valence-electron chi connectivity index (χ2n) is 12.4. The summed E-state index contributed by atoms with van der Waals surface area (Å²) in [6, 6.07) is 29.3. The van der Waals surface area contributed by atoms with Gasteiger partial charge in [0.1, 0.15) is 11.9 Å². The summed E-state index contributed by atoms with van der Waals surface area (Å²) in [6.07, 6.45) is 6.05. The molecule has 3 rings (SSSR count). The minimum absolute atomic E-state index is 0.0422. The molecule has 0 bridgehead atoms. The van der Waals surface area contributed by atoms with Crippen LogP contribution in [0.15, 0.2) is 97.1 Å². The molecule has 0 aromatic heterocycles. The lowest BCUT2D eigenvalue weighted by Gasteiger charge is -2.42. The lowest BCUT2D eigenvalue weighted by Crippen LogP contribution is -2.66. The number of allylic oxidation sites excluding steroid dienone is 1. The van der Waals surface area contributed by atoms with Crippen LogP contribution in [0.1, 0.15) is 59.4 Å². The Morgan fingerprint density at radius 2 is 1.44 bits per heavy atom. The molecule has 43 heavy (non-hydrogen) atoms. The maximum atomic E-state index is 10.5. The molecule has 0 saturated carbocycles. The Bertz CT molecular complexity index is 1250. The standard InChI is InChI=1S/C38H50O4Si/c1-31(26-28-41-30-33-21-24-35(40-6)25-22-33)20-23-34(39)29-32(2)15-13-14-27-42-43(38(3,4)5,36-16-9-7-10-17-36)37-18-11-8-12-19-37/h7-14,16-19,21-22,24-25,31-32,34,39H,15,26-30H2,1-6H3/b14-13+/t31-,32+,34?/m1/s1. The third-order valence-corrected chi connectivity index (χ3v) is 12.8. The first-order valence-electron chi connectivity index (χ1n) is 15.5. The van der Waals surface area contributed by atoms with Crippen molar-refractivity contribution in [1.29, 1.82) is 0 Å². The van der Waals surface area contributed by atoms with Crippen molar-refractivity contribution in [2.75, 3.05) is 20.3 Å². The van der Waals surface area contributed by atoms with Crippen LogP contribution < -0.4 is 15.1 Å². The first-order valence-corrected chi connectivity index (χ1v) is 17.4. The molecule has 0 heterocycles. The van der Waals surface area contributed by atoms with Crippen molar-refractivity contribution in [3.05, 3.63) is 103 Å². The van der Waals surface area contributed by atoms with E-state index >= 15 is 0 Å². The molecule has 0 amide bonds. The van der Waals surface area contributed by atoms with Gasteiger partial charge < -0.3 is 19.0 Å². The van der Waals surface area contributed by atoms with Crippen LogP contribution >= 0.6 is 0 Å². The van der Waals surface area contributed by atoms with Gasteiger partial charge in [-0.25, -0.2) is 0 Å². The zero-order chi connectivity index (χ0) is 31.1. The summed E-state index contributed by atoms with van der Waals surface area (Å²) in [5, 5.41) is 13.1. The summed E-state index contributed by atoms with van der Waals surface area (Å²) in [5.41, 5.74) is 1.12. The number of rotatable bonds is 15. The van der Waals surface area contributed by atoms with Gasteiger partial charge in [-0.3, -0.25) is 0 Å². The van der Waals surface area contributed by atoms with E-state index in [0.29, 0.717) is 32.2 Å². The quantitative estimate of drug-likeness (QED) is 0.0874. The van der Waals surface area contributed by atoms with E-state index in [-0.39, 0.29) is 11.0 Å². The predicted molar refractivity (Wildman–Crippen MR) is 181 cm³/mol. The average Bonchev–Trinajstić information content (AvgIpc) is 3.00. The van der Waals surface area contributed by atoms with E-state index in [1.807, 2.05) is 24.3 Å². The molecule has 4 nitrogen and oxygen atoms in total. The van der Waals surface area contributed by atoms with Crippen molar-refractivity contribution in [3.63, 3.8) is 0 Å². The predicted octanol–water partition coefficient (Wildman–Crippen LogP) is 7.15. The minimum Gasteiger partial charge on any atom is -0.497 e. The molecule has 0 radical (unpaired) electrons. The Kier molecular flexibility index (Phi) is 13.8. The van der Waals surface area contributed by atoms with Crippen LogP contribution in [0.3, 0.4) is 0 Å². The highest BCUT2D eigenvalue weighted by Gasteiger charge is 2.49. The number of hydrogen-bond acceptors (Lipinski definition) is 4. The van der Waals surface area contributed by atoms with Crippen LogP contribution in [-0.4, -0.2) is 39.9 Å². The van der Waals surface area contributed by atoms with Crippen molar-refractivity contribution < 1.29 is 19.0 Å². The Hall–Kier alpha value is -3.14. The largest absolute Gasteiger partial charge is 0.497 e. The van der Waals surface area contributed by atoms with Crippen molar-refractivity contribution in [2.45, 2.75) is 71.6 Å². The summed E-state index contributed by atoms with van der Waals surface area (Å²) in [5.74, 6) is 7.59. The Labute approximate surface area is 261 Å². The lowest BCUT2D eigenvalue weighted by atomic mass is 9.99. The van der Waals surface area contributed by atoms with Gasteiger partial charge in [-0.15, -0.1) is 0 Å². The molecule has 1 N–H and O–H groups in total. The van der Waals surface area contributed by atoms with E-state index in [2.05, 4.69) is 119 Å². The molecule has 1 unspecified atom stereocenters. The monoisotopic (exact) mass is 598 g/mol. The second-order valence-corrected chi connectivity index (χ2v) is 16.7. The first kappa shape index (κ1) is 34.3. The fraction of sp³-hybridized carbons (Fsp3) is 0.421. The summed E-state index contributed by atoms with van der Waals surface area (Å²) in [4.78, 5) is 0. The van der Waals surface area contributed by atoms with Crippen LogP contribution in [0.4, 0.5) is 0 Å².